The van der Waals surface area contributed by atoms with E-state index in [-0.39, 0.29) is 0 Å². The van der Waals surface area contributed by atoms with Crippen molar-refractivity contribution in [2.24, 2.45) is 0 Å². The van der Waals surface area contributed by atoms with Crippen LogP contribution in [-0.2, 0) is 5.41 Å². The maximum Gasteiger partial charge on any atom is 0.166 e. The zero-order valence-electron chi connectivity index (χ0n) is 64.9. The third kappa shape index (κ3) is 11.6. The molecule has 5 aromatic heterocycles. The number of nitrogens with zero attached hydrogens (tertiary/aromatic N) is 8. The van der Waals surface area contributed by atoms with Gasteiger partial charge in [-0.1, -0.05) is 328 Å². The van der Waals surface area contributed by atoms with Crippen molar-refractivity contribution in [1.82, 2.24) is 39.0 Å². The van der Waals surface area contributed by atoms with Crippen LogP contribution in [0, 0.1) is 0 Å². The van der Waals surface area contributed by atoms with Crippen molar-refractivity contribution in [1.29, 1.82) is 0 Å². The molecule has 0 N–H and O–H groups in total. The normalized spacial score (nSPS) is 12.2. The summed E-state index contributed by atoms with van der Waals surface area (Å²) in [7, 11) is 0. The third-order valence-corrected chi connectivity index (χ3v) is 23.9. The molecule has 0 aliphatic heterocycles. The number of fused-ring (bicyclic) bond motifs is 14. The molecule has 18 aromatic carbocycles. The Morgan fingerprint density at radius 1 is 0.208 bits per heavy atom. The number of hydrogen-bond donors (Lipinski definition) is 0. The summed E-state index contributed by atoms with van der Waals surface area (Å²) >= 11 is 0. The van der Waals surface area contributed by atoms with Crippen molar-refractivity contribution in [3.8, 4) is 113 Å². The van der Waals surface area contributed by atoms with Crippen LogP contribution in [0.2, 0.25) is 0 Å². The first-order valence-corrected chi connectivity index (χ1v) is 40.6. The maximum absolute atomic E-state index is 6.13. The molecule has 9 heteroatoms. The van der Waals surface area contributed by atoms with E-state index in [1.807, 2.05) is 78.9 Å². The van der Waals surface area contributed by atoms with Gasteiger partial charge in [-0.05, 0) is 174 Å². The van der Waals surface area contributed by atoms with E-state index >= 15 is 0 Å². The molecule has 0 spiro atoms. The lowest BCUT2D eigenvalue weighted by molar-refractivity contribution is 0.669. The Kier molecular flexibility index (Phi) is 16.6. The minimum absolute atomic E-state index is 0.574. The summed E-state index contributed by atoms with van der Waals surface area (Å²) in [5.41, 5.74) is 25.4. The highest BCUT2D eigenvalue weighted by Crippen LogP contribution is 2.58. The summed E-state index contributed by atoms with van der Waals surface area (Å²) in [4.78, 5) is 31.5. The van der Waals surface area contributed by atoms with Crippen LogP contribution in [0.1, 0.15) is 22.3 Å². The summed E-state index contributed by atoms with van der Waals surface area (Å²) < 4.78 is 10.9. The highest BCUT2D eigenvalue weighted by atomic mass is 16.3. The van der Waals surface area contributed by atoms with Gasteiger partial charge < -0.3 is 13.6 Å². The second kappa shape index (κ2) is 28.7. The molecular formula is C111H70N8O. The lowest BCUT2D eigenvalue weighted by atomic mass is 9.67. The van der Waals surface area contributed by atoms with Crippen LogP contribution in [0.5, 0.6) is 0 Å². The van der Waals surface area contributed by atoms with Gasteiger partial charge in [0.1, 0.15) is 11.2 Å². The van der Waals surface area contributed by atoms with Crippen LogP contribution in [0.25, 0.3) is 200 Å². The van der Waals surface area contributed by atoms with E-state index in [0.29, 0.717) is 34.9 Å². The standard InChI is InChI=1S/C62H40N4.C49H30N4O/c1-6-20-41(21-7-1)43-34-36-50-52-39-45(35-37-54(52)62(55(50)40-43,46-25-10-3-11-26-46)47-27-12-4-13-28-47)60-63-59(42-22-8-2-9-23-42)64-61(65-60)57-49-31-17-16-24-44(49)38-53-51-32-18-19-33-56(51)66(58(53)57)48-29-14-5-15-30-48;1-3-13-31(14-4-1)47-50-48(52-49(51-47)35-25-26-46-42(28-35)39-21-8-10-24-45(39)54-46)34-17-11-15-32(27-34)37-22-12-16-33-29-44-41(30-40(33)37)38-20-7-9-23-43(38)53(44)36-18-5-2-6-19-36/h1-40H;1-30H. The van der Waals surface area contributed by atoms with Crippen molar-refractivity contribution >= 4 is 87.1 Å². The van der Waals surface area contributed by atoms with Gasteiger partial charge in [-0.2, -0.15) is 0 Å². The molecule has 0 unspecified atom stereocenters. The molecule has 5 heterocycles. The Morgan fingerprint density at radius 3 is 1.31 bits per heavy atom. The largest absolute Gasteiger partial charge is 0.456 e. The van der Waals surface area contributed by atoms with Crippen molar-refractivity contribution in [3.63, 3.8) is 0 Å². The topological polar surface area (TPSA) is 100 Å². The van der Waals surface area contributed by atoms with Crippen LogP contribution in [0.3, 0.4) is 0 Å². The molecule has 0 saturated carbocycles. The number of furan rings is 1. The number of benzene rings is 18. The van der Waals surface area contributed by atoms with Crippen LogP contribution in [0.15, 0.2) is 429 Å². The fraction of sp³-hybridized carbons (Fsp3) is 0.00901. The van der Waals surface area contributed by atoms with Gasteiger partial charge in [0.05, 0.1) is 33.0 Å². The van der Waals surface area contributed by atoms with Crippen LogP contribution < -0.4 is 0 Å². The molecule has 24 rings (SSSR count). The second-order valence-corrected chi connectivity index (χ2v) is 30.7. The van der Waals surface area contributed by atoms with E-state index < -0.39 is 5.41 Å². The molecule has 1 aliphatic carbocycles. The Hall–Kier alpha value is -16.1. The van der Waals surface area contributed by atoms with Crippen LogP contribution in [0.4, 0.5) is 0 Å². The van der Waals surface area contributed by atoms with Gasteiger partial charge in [-0.25, -0.2) is 29.9 Å². The van der Waals surface area contributed by atoms with E-state index in [4.69, 9.17) is 34.3 Å². The third-order valence-electron chi connectivity index (χ3n) is 23.9. The number of aromatic nitrogens is 8. The minimum atomic E-state index is -0.574. The van der Waals surface area contributed by atoms with Crippen molar-refractivity contribution in [2.75, 3.05) is 0 Å². The predicted molar refractivity (Wildman–Crippen MR) is 491 cm³/mol. The first-order chi connectivity index (χ1) is 59.5. The molecule has 120 heavy (non-hydrogen) atoms. The Balaban J connectivity index is 0.000000143. The highest BCUT2D eigenvalue weighted by Gasteiger charge is 2.46. The Bertz CT molecular complexity index is 7910. The van der Waals surface area contributed by atoms with E-state index in [1.165, 1.54) is 76.9 Å². The molecule has 9 nitrogen and oxygen atoms in total. The summed E-state index contributed by atoms with van der Waals surface area (Å²) in [6.07, 6.45) is 0. The van der Waals surface area contributed by atoms with Gasteiger partial charge in [0.15, 0.2) is 34.9 Å². The summed E-state index contributed by atoms with van der Waals surface area (Å²) in [6, 6.07) is 150. The molecule has 0 bridgehead atoms. The lowest BCUT2D eigenvalue weighted by Gasteiger charge is -2.34. The zero-order chi connectivity index (χ0) is 79.2. The van der Waals surface area contributed by atoms with Crippen molar-refractivity contribution in [2.45, 2.75) is 5.41 Å². The average Bonchev–Trinajstić information content (AvgIpc) is 1.53. The van der Waals surface area contributed by atoms with E-state index in [1.54, 1.807) is 0 Å². The molecule has 23 aromatic rings. The van der Waals surface area contributed by atoms with Gasteiger partial charge in [-0.3, -0.25) is 0 Å². The van der Waals surface area contributed by atoms with Gasteiger partial charge in [0.2, 0.25) is 0 Å². The average molecular weight is 1530 g/mol. The second-order valence-electron chi connectivity index (χ2n) is 30.7. The maximum atomic E-state index is 6.13. The van der Waals surface area contributed by atoms with E-state index in [9.17, 15) is 0 Å². The molecule has 0 amide bonds. The summed E-state index contributed by atoms with van der Waals surface area (Å²) in [5, 5.41) is 11.5. The molecule has 0 fully saturated rings. The van der Waals surface area contributed by atoms with Gasteiger partial charge in [0.25, 0.3) is 0 Å². The summed E-state index contributed by atoms with van der Waals surface area (Å²) in [5.74, 6) is 3.71. The monoisotopic (exact) mass is 1530 g/mol. The SMILES string of the molecule is c1ccc(-c2ccc3c(c2)C(c2ccccc2)(c2ccccc2)c2ccc(-c4nc(-c5ccccc5)nc(-c5c6ccccc6cc6c7ccccc7n(-c7ccccc7)c56)n4)cc2-3)cc1.c1ccc(-c2nc(-c3cccc(-c4cccc5cc6c(cc45)c4ccccc4n6-c4ccccc4)c3)nc(-c3ccc4oc5ccccc5c4c3)n2)cc1. The zero-order valence-corrected chi connectivity index (χ0v) is 64.9. The van der Waals surface area contributed by atoms with E-state index in [0.717, 1.165) is 111 Å². The van der Waals surface area contributed by atoms with Crippen molar-refractivity contribution in [3.05, 3.63) is 447 Å². The smallest absolute Gasteiger partial charge is 0.166 e. The van der Waals surface area contributed by atoms with E-state index in [2.05, 4.69) is 355 Å². The van der Waals surface area contributed by atoms with Gasteiger partial charge >= 0.3 is 0 Å². The molecule has 1 aliphatic rings. The fourth-order valence-corrected chi connectivity index (χ4v) is 18.5. The lowest BCUT2D eigenvalue weighted by Crippen LogP contribution is -2.28. The molecule has 560 valence electrons. The molecular weight excluding hydrogens is 1460 g/mol. The fourth-order valence-electron chi connectivity index (χ4n) is 18.5. The summed E-state index contributed by atoms with van der Waals surface area (Å²) in [6.45, 7) is 0. The Morgan fingerprint density at radius 2 is 0.658 bits per heavy atom. The molecule has 0 radical (unpaired) electrons. The number of hydrogen-bond acceptors (Lipinski definition) is 7. The molecule has 0 saturated heterocycles. The van der Waals surface area contributed by atoms with Crippen LogP contribution in [-0.4, -0.2) is 39.0 Å². The molecule has 0 atom stereocenters. The predicted octanol–water partition coefficient (Wildman–Crippen LogP) is 27.8. The van der Waals surface area contributed by atoms with Crippen molar-refractivity contribution < 1.29 is 4.42 Å². The van der Waals surface area contributed by atoms with Gasteiger partial charge in [-0.15, -0.1) is 0 Å². The van der Waals surface area contributed by atoms with Crippen LogP contribution >= 0.6 is 0 Å². The van der Waals surface area contributed by atoms with Gasteiger partial charge in [0, 0.05) is 71.5 Å². The Labute approximate surface area is 691 Å². The minimum Gasteiger partial charge on any atom is -0.456 e. The number of para-hydroxylation sites is 5. The number of rotatable bonds is 12. The highest BCUT2D eigenvalue weighted by molar-refractivity contribution is 6.21. The quantitative estimate of drug-likeness (QED) is 0.120. The first-order valence-electron chi connectivity index (χ1n) is 40.6. The first kappa shape index (κ1) is 69.4.